The molecule has 0 saturated carbocycles. The van der Waals surface area contributed by atoms with Gasteiger partial charge in [0.05, 0.1) is 0 Å². The molecule has 1 aliphatic heterocycles. The first-order valence-electron chi connectivity index (χ1n) is 4.42. The summed E-state index contributed by atoms with van der Waals surface area (Å²) in [6, 6.07) is 6.85. The molecule has 0 aliphatic carbocycles. The predicted octanol–water partition coefficient (Wildman–Crippen LogP) is 2.46. The van der Waals surface area contributed by atoms with Crippen molar-refractivity contribution in [3.05, 3.63) is 30.3 Å². The Bertz CT molecular complexity index is 407. The first kappa shape index (κ1) is 10.3. The number of hydrogen-bond acceptors (Lipinski definition) is 1. The molecule has 3 nitrogen and oxygen atoms in total. The van der Waals surface area contributed by atoms with Gasteiger partial charge in [-0.2, -0.15) is 0 Å². The quantitative estimate of drug-likeness (QED) is 0.682. The number of carbonyl (C=O) groups is 1. The molecule has 82 valence electrons. The van der Waals surface area contributed by atoms with Crippen LogP contribution < -0.4 is 5.30 Å². The van der Waals surface area contributed by atoms with Crippen LogP contribution in [0.15, 0.2) is 30.3 Å². The zero-order chi connectivity index (χ0) is 11.3. The van der Waals surface area contributed by atoms with Crippen molar-refractivity contribution in [2.45, 2.75) is 0 Å². The van der Waals surface area contributed by atoms with Crippen molar-refractivity contribution >= 4 is 18.9 Å². The molecule has 2 amide bonds. The zero-order valence-corrected chi connectivity index (χ0v) is 9.29. The van der Waals surface area contributed by atoms with Crippen LogP contribution >= 0.6 is 7.53 Å². The Labute approximate surface area is 86.6 Å². The van der Waals surface area contributed by atoms with E-state index >= 15 is 0 Å². The summed E-state index contributed by atoms with van der Waals surface area (Å²) in [5, 5.41) is -0.0758. The zero-order valence-electron chi connectivity index (χ0n) is 8.39. The van der Waals surface area contributed by atoms with Gasteiger partial charge in [0, 0.05) is 0 Å². The van der Waals surface area contributed by atoms with Gasteiger partial charge in [0.1, 0.15) is 0 Å². The Hall–Kier alpha value is -1.22. The second-order valence-electron chi connectivity index (χ2n) is 3.49. The topological polar surface area (TPSA) is 23.6 Å². The molecular weight excluding hydrogens is 221 g/mol. The molecule has 0 spiro atoms. The van der Waals surface area contributed by atoms with Gasteiger partial charge >= 0.3 is 85.8 Å². The number of carbonyl (C=O) groups excluding carboxylic acids is 1. The summed E-state index contributed by atoms with van der Waals surface area (Å²) in [5.41, 5.74) is 0. The van der Waals surface area contributed by atoms with Gasteiger partial charge in [-0.25, -0.2) is 0 Å². The maximum absolute atomic E-state index is 14.5. The van der Waals surface area contributed by atoms with Crippen LogP contribution in [0.4, 0.5) is 13.2 Å². The number of hydrogen-bond donors (Lipinski definition) is 0. The molecule has 1 aromatic carbocycles. The minimum absolute atomic E-state index is 0.0758. The fourth-order valence-corrected chi connectivity index (χ4v) is 4.17. The summed E-state index contributed by atoms with van der Waals surface area (Å²) in [4.78, 5) is 11.2. The molecule has 1 fully saturated rings. The van der Waals surface area contributed by atoms with Crippen molar-refractivity contribution in [3.63, 3.8) is 0 Å². The van der Waals surface area contributed by atoms with Crippen molar-refractivity contribution in [2.24, 2.45) is 0 Å². The molecule has 6 heteroatoms. The maximum atomic E-state index is 14.5. The summed E-state index contributed by atoms with van der Waals surface area (Å²) in [7, 11) is -3.01. The van der Waals surface area contributed by atoms with Crippen LogP contribution in [0.2, 0.25) is 0 Å². The Kier molecular flexibility index (Phi) is 1.83. The van der Waals surface area contributed by atoms with Crippen molar-refractivity contribution in [1.29, 1.82) is 0 Å². The SMILES string of the molecule is CN1C(=O)N(C)P1(F)(F)c1ccccc1. The fraction of sp³-hybridized carbons (Fsp3) is 0.222. The molecule has 1 heterocycles. The van der Waals surface area contributed by atoms with E-state index in [1.54, 1.807) is 18.2 Å². The summed E-state index contributed by atoms with van der Waals surface area (Å²) >= 11 is 0. The van der Waals surface area contributed by atoms with Crippen LogP contribution in [0.5, 0.6) is 0 Å². The van der Waals surface area contributed by atoms with Crippen molar-refractivity contribution in [1.82, 2.24) is 9.34 Å². The van der Waals surface area contributed by atoms with Crippen molar-refractivity contribution in [2.75, 3.05) is 14.1 Å². The van der Waals surface area contributed by atoms with E-state index in [1.165, 1.54) is 12.1 Å². The van der Waals surface area contributed by atoms with Crippen molar-refractivity contribution < 1.29 is 13.2 Å². The van der Waals surface area contributed by atoms with E-state index in [0.717, 1.165) is 14.1 Å². The summed E-state index contributed by atoms with van der Waals surface area (Å²) < 4.78 is 30.1. The van der Waals surface area contributed by atoms with Crippen LogP contribution in [0, 0.1) is 0 Å². The predicted molar refractivity (Wildman–Crippen MR) is 56.1 cm³/mol. The van der Waals surface area contributed by atoms with E-state index < -0.39 is 13.6 Å². The molecule has 2 rings (SSSR count). The minimum atomic E-state index is -5.30. The standard InChI is InChI=1S/C9H11F2N2OP/c1-12-9(14)13(2)15(12,10,11)8-6-4-3-5-7-8/h3-7H,1-2H3. The number of amides is 2. The second-order valence-corrected chi connectivity index (χ2v) is 6.86. The molecule has 0 unspecified atom stereocenters. The number of benzene rings is 1. The number of nitrogens with zero attached hydrogens (tertiary/aromatic N) is 2. The normalized spacial score (nSPS) is 25.3. The van der Waals surface area contributed by atoms with Crippen LogP contribution in [0.25, 0.3) is 0 Å². The summed E-state index contributed by atoms with van der Waals surface area (Å²) in [6.07, 6.45) is 0. The van der Waals surface area contributed by atoms with Gasteiger partial charge in [0.15, 0.2) is 0 Å². The molecular formula is C9H11F2N2OP. The third-order valence-corrected chi connectivity index (χ3v) is 6.29. The average molecular weight is 232 g/mol. The van der Waals surface area contributed by atoms with Gasteiger partial charge in [-0.3, -0.25) is 0 Å². The molecule has 0 atom stereocenters. The molecule has 0 aromatic heterocycles. The Morgan fingerprint density at radius 3 is 2.00 bits per heavy atom. The number of halogens is 2. The van der Waals surface area contributed by atoms with Crippen LogP contribution in [0.1, 0.15) is 0 Å². The van der Waals surface area contributed by atoms with E-state index in [-0.39, 0.29) is 5.30 Å². The molecule has 15 heavy (non-hydrogen) atoms. The molecule has 0 bridgehead atoms. The molecule has 0 radical (unpaired) electrons. The van der Waals surface area contributed by atoms with E-state index in [1.807, 2.05) is 0 Å². The fourth-order valence-electron chi connectivity index (χ4n) is 1.68. The Morgan fingerprint density at radius 2 is 1.53 bits per heavy atom. The summed E-state index contributed by atoms with van der Waals surface area (Å²) in [6.45, 7) is 0. The third kappa shape index (κ3) is 0.988. The van der Waals surface area contributed by atoms with Gasteiger partial charge < -0.3 is 0 Å². The van der Waals surface area contributed by atoms with Gasteiger partial charge in [-0.1, -0.05) is 0 Å². The molecule has 1 aromatic rings. The summed E-state index contributed by atoms with van der Waals surface area (Å²) in [5.74, 6) is 0. The monoisotopic (exact) mass is 232 g/mol. The van der Waals surface area contributed by atoms with E-state index in [2.05, 4.69) is 0 Å². The molecule has 1 saturated heterocycles. The van der Waals surface area contributed by atoms with E-state index in [0.29, 0.717) is 9.34 Å². The van der Waals surface area contributed by atoms with Gasteiger partial charge in [-0.15, -0.1) is 0 Å². The van der Waals surface area contributed by atoms with E-state index in [4.69, 9.17) is 0 Å². The van der Waals surface area contributed by atoms with Gasteiger partial charge in [0.2, 0.25) is 0 Å². The van der Waals surface area contributed by atoms with Gasteiger partial charge in [0.25, 0.3) is 0 Å². The Morgan fingerprint density at radius 1 is 1.07 bits per heavy atom. The third-order valence-electron chi connectivity index (χ3n) is 2.76. The van der Waals surface area contributed by atoms with Crippen LogP contribution in [-0.4, -0.2) is 29.5 Å². The molecule has 1 aliphatic rings. The molecule has 0 N–H and O–H groups in total. The van der Waals surface area contributed by atoms with Crippen LogP contribution in [0.3, 0.4) is 0 Å². The average Bonchev–Trinajstić information content (AvgIpc) is 2.28. The van der Waals surface area contributed by atoms with Crippen LogP contribution in [-0.2, 0) is 0 Å². The Balaban J connectivity index is 2.56. The van der Waals surface area contributed by atoms with E-state index in [9.17, 15) is 13.2 Å². The number of rotatable bonds is 1. The van der Waals surface area contributed by atoms with Gasteiger partial charge in [-0.05, 0) is 0 Å². The second kappa shape index (κ2) is 2.67. The van der Waals surface area contributed by atoms with Crippen molar-refractivity contribution in [3.8, 4) is 0 Å². The number of urea groups is 1. The first-order chi connectivity index (χ1) is 6.88. The first-order valence-corrected chi connectivity index (χ1v) is 6.34.